The van der Waals surface area contributed by atoms with Gasteiger partial charge in [0.1, 0.15) is 11.3 Å². The lowest BCUT2D eigenvalue weighted by molar-refractivity contribution is -0.153. The summed E-state index contributed by atoms with van der Waals surface area (Å²) in [5.41, 5.74) is 2.23. The predicted molar refractivity (Wildman–Crippen MR) is 134 cm³/mol. The zero-order valence-corrected chi connectivity index (χ0v) is 21.2. The third-order valence-corrected chi connectivity index (χ3v) is 7.47. The standard InChI is InChI=1S/C28H32FN3O4/c1-5-17-12-21(18-6-8-20(29)9-7-18)30-22-13-23(36-24(17)22)26(34)32-11-10-31(16-27(32,2)3)25(33)19-14-28(4,35)15-19/h6-9,12-13,19,35H,5,10-11,14-16H2,1-4H3. The normalized spacial score (nSPS) is 23.6. The fraction of sp³-hybridized carbons (Fsp3) is 0.464. The molecular formula is C28H32FN3O4. The first-order valence-electron chi connectivity index (χ1n) is 12.5. The Morgan fingerprint density at radius 2 is 1.83 bits per heavy atom. The van der Waals surface area contributed by atoms with Gasteiger partial charge in [-0.2, -0.15) is 0 Å². The lowest BCUT2D eigenvalue weighted by Gasteiger charge is -2.49. The Bertz CT molecular complexity index is 1320. The average Bonchev–Trinajstić information content (AvgIpc) is 3.25. The monoisotopic (exact) mass is 493 g/mol. The van der Waals surface area contributed by atoms with Crippen LogP contribution in [0.1, 0.15) is 56.7 Å². The van der Waals surface area contributed by atoms with E-state index in [1.165, 1.54) is 12.1 Å². The number of aryl methyl sites for hydroxylation is 1. The molecule has 2 aliphatic rings. The predicted octanol–water partition coefficient (Wildman–Crippen LogP) is 4.42. The quantitative estimate of drug-likeness (QED) is 0.582. The average molecular weight is 494 g/mol. The Hall–Kier alpha value is -3.26. The van der Waals surface area contributed by atoms with Crippen LogP contribution in [0.4, 0.5) is 4.39 Å². The van der Waals surface area contributed by atoms with Crippen molar-refractivity contribution < 1.29 is 23.5 Å². The maximum absolute atomic E-state index is 13.6. The SMILES string of the molecule is CCc1cc(-c2ccc(F)cc2)nc2cc(C(=O)N3CCN(C(=O)C4CC(C)(O)C4)CC3(C)C)oc12. The van der Waals surface area contributed by atoms with Crippen LogP contribution in [0, 0.1) is 11.7 Å². The number of furan rings is 1. The molecule has 36 heavy (non-hydrogen) atoms. The van der Waals surface area contributed by atoms with Crippen LogP contribution in [-0.4, -0.2) is 62.5 Å². The number of fused-ring (bicyclic) bond motifs is 1. The van der Waals surface area contributed by atoms with E-state index in [0.717, 1.165) is 11.1 Å². The summed E-state index contributed by atoms with van der Waals surface area (Å²) in [4.78, 5) is 34.8. The van der Waals surface area contributed by atoms with Gasteiger partial charge in [-0.1, -0.05) is 6.92 Å². The summed E-state index contributed by atoms with van der Waals surface area (Å²) in [6, 6.07) is 9.76. The van der Waals surface area contributed by atoms with Crippen molar-refractivity contribution in [2.75, 3.05) is 19.6 Å². The van der Waals surface area contributed by atoms with Crippen molar-refractivity contribution in [3.05, 3.63) is 53.5 Å². The van der Waals surface area contributed by atoms with Gasteiger partial charge in [0, 0.05) is 37.2 Å². The van der Waals surface area contributed by atoms with Gasteiger partial charge in [-0.25, -0.2) is 9.37 Å². The molecule has 3 heterocycles. The van der Waals surface area contributed by atoms with Crippen LogP contribution in [0.5, 0.6) is 0 Å². The van der Waals surface area contributed by atoms with Gasteiger partial charge in [0.05, 0.1) is 16.8 Å². The third kappa shape index (κ3) is 4.39. The van der Waals surface area contributed by atoms with Crippen LogP contribution in [-0.2, 0) is 11.2 Å². The zero-order valence-electron chi connectivity index (χ0n) is 21.2. The van der Waals surface area contributed by atoms with Crippen molar-refractivity contribution in [3.8, 4) is 11.3 Å². The first-order valence-corrected chi connectivity index (χ1v) is 12.5. The molecule has 0 atom stereocenters. The molecule has 0 bridgehead atoms. The topological polar surface area (TPSA) is 86.9 Å². The van der Waals surface area contributed by atoms with Crippen LogP contribution < -0.4 is 0 Å². The molecule has 190 valence electrons. The molecule has 2 aromatic heterocycles. The van der Waals surface area contributed by atoms with E-state index in [2.05, 4.69) is 0 Å². The Morgan fingerprint density at radius 3 is 2.44 bits per heavy atom. The molecule has 1 saturated heterocycles. The summed E-state index contributed by atoms with van der Waals surface area (Å²) in [6.45, 7) is 8.93. The number of aliphatic hydroxyl groups is 1. The number of hydrogen-bond donors (Lipinski definition) is 1. The minimum Gasteiger partial charge on any atom is -0.449 e. The molecule has 1 saturated carbocycles. The van der Waals surface area contributed by atoms with Crippen LogP contribution in [0.2, 0.25) is 0 Å². The minimum atomic E-state index is -0.753. The molecule has 1 aliphatic heterocycles. The Morgan fingerprint density at radius 1 is 1.14 bits per heavy atom. The lowest BCUT2D eigenvalue weighted by Crippen LogP contribution is -2.63. The Labute approximate surface area is 209 Å². The van der Waals surface area contributed by atoms with Gasteiger partial charge >= 0.3 is 0 Å². The van der Waals surface area contributed by atoms with E-state index in [1.807, 2.05) is 31.7 Å². The molecule has 2 amide bonds. The van der Waals surface area contributed by atoms with Crippen molar-refractivity contribution in [2.24, 2.45) is 5.92 Å². The first kappa shape index (κ1) is 24.4. The number of piperazine rings is 1. The molecule has 1 aromatic carbocycles. The van der Waals surface area contributed by atoms with Gasteiger partial charge in [-0.3, -0.25) is 9.59 Å². The van der Waals surface area contributed by atoms with E-state index in [9.17, 15) is 19.1 Å². The van der Waals surface area contributed by atoms with E-state index >= 15 is 0 Å². The van der Waals surface area contributed by atoms with Gasteiger partial charge in [-0.05, 0) is 75.9 Å². The zero-order chi connectivity index (χ0) is 25.8. The van der Waals surface area contributed by atoms with Crippen LogP contribution in [0.25, 0.3) is 22.4 Å². The van der Waals surface area contributed by atoms with Crippen molar-refractivity contribution >= 4 is 22.9 Å². The molecule has 1 N–H and O–H groups in total. The number of carbonyl (C=O) groups is 2. The van der Waals surface area contributed by atoms with Crippen molar-refractivity contribution in [1.29, 1.82) is 0 Å². The Balaban J connectivity index is 1.38. The summed E-state index contributed by atoms with van der Waals surface area (Å²) < 4.78 is 19.4. The molecule has 0 radical (unpaired) electrons. The number of pyridine rings is 1. The first-order chi connectivity index (χ1) is 17.0. The fourth-order valence-corrected chi connectivity index (χ4v) is 5.51. The second-order valence-corrected chi connectivity index (χ2v) is 11.0. The maximum Gasteiger partial charge on any atom is 0.290 e. The van der Waals surface area contributed by atoms with E-state index < -0.39 is 11.1 Å². The number of amides is 2. The van der Waals surface area contributed by atoms with Gasteiger partial charge in [0.2, 0.25) is 5.91 Å². The highest BCUT2D eigenvalue weighted by atomic mass is 19.1. The highest BCUT2D eigenvalue weighted by molar-refractivity contribution is 5.97. The molecule has 3 aromatic rings. The molecular weight excluding hydrogens is 461 g/mol. The van der Waals surface area contributed by atoms with E-state index in [-0.39, 0.29) is 29.3 Å². The van der Waals surface area contributed by atoms with Gasteiger partial charge in [-0.15, -0.1) is 0 Å². The van der Waals surface area contributed by atoms with Crippen molar-refractivity contribution in [3.63, 3.8) is 0 Å². The summed E-state index contributed by atoms with van der Waals surface area (Å²) in [5, 5.41) is 10.0. The number of nitrogens with zero attached hydrogens (tertiary/aromatic N) is 3. The van der Waals surface area contributed by atoms with Crippen LogP contribution in [0.15, 0.2) is 40.8 Å². The molecule has 0 spiro atoms. The molecule has 0 unspecified atom stereocenters. The number of aromatic nitrogens is 1. The summed E-state index contributed by atoms with van der Waals surface area (Å²) in [7, 11) is 0. The number of carbonyl (C=O) groups excluding carboxylic acids is 2. The maximum atomic E-state index is 13.6. The van der Waals surface area contributed by atoms with E-state index in [1.54, 1.807) is 30.0 Å². The molecule has 2 fully saturated rings. The lowest BCUT2D eigenvalue weighted by atomic mass is 9.71. The summed E-state index contributed by atoms with van der Waals surface area (Å²) >= 11 is 0. The highest BCUT2D eigenvalue weighted by Crippen LogP contribution is 2.39. The molecule has 8 heteroatoms. The highest BCUT2D eigenvalue weighted by Gasteiger charge is 2.47. The number of hydrogen-bond acceptors (Lipinski definition) is 5. The molecule has 5 rings (SSSR count). The third-order valence-electron chi connectivity index (χ3n) is 7.47. The van der Waals surface area contributed by atoms with Gasteiger partial charge in [0.15, 0.2) is 11.3 Å². The van der Waals surface area contributed by atoms with Gasteiger partial charge in [0.25, 0.3) is 5.91 Å². The largest absolute Gasteiger partial charge is 0.449 e. The second-order valence-electron chi connectivity index (χ2n) is 11.0. The van der Waals surface area contributed by atoms with E-state index in [4.69, 9.17) is 9.40 Å². The van der Waals surface area contributed by atoms with Crippen molar-refractivity contribution in [1.82, 2.24) is 14.8 Å². The smallest absolute Gasteiger partial charge is 0.290 e. The minimum absolute atomic E-state index is 0.0514. The summed E-state index contributed by atoms with van der Waals surface area (Å²) in [5.74, 6) is -0.429. The van der Waals surface area contributed by atoms with Gasteiger partial charge < -0.3 is 19.3 Å². The second kappa shape index (κ2) is 8.69. The van der Waals surface area contributed by atoms with Crippen LogP contribution in [0.3, 0.4) is 0 Å². The fourth-order valence-electron chi connectivity index (χ4n) is 5.51. The number of halogens is 1. The van der Waals surface area contributed by atoms with Crippen LogP contribution >= 0.6 is 0 Å². The van der Waals surface area contributed by atoms with Crippen molar-refractivity contribution in [2.45, 2.75) is 58.1 Å². The molecule has 1 aliphatic carbocycles. The summed E-state index contributed by atoms with van der Waals surface area (Å²) in [6.07, 6.45) is 1.66. The Kier molecular flexibility index (Phi) is 5.90. The molecule has 7 nitrogen and oxygen atoms in total. The number of rotatable bonds is 4. The van der Waals surface area contributed by atoms with E-state index in [0.29, 0.717) is 55.7 Å². The number of benzene rings is 1.